The van der Waals surface area contributed by atoms with Gasteiger partial charge in [-0.15, -0.1) is 0 Å². The molecule has 30 heavy (non-hydrogen) atoms. The maximum atomic E-state index is 13.6. The van der Waals surface area contributed by atoms with E-state index in [1.54, 1.807) is 19.2 Å². The summed E-state index contributed by atoms with van der Waals surface area (Å²) in [6.07, 6.45) is 0. The van der Waals surface area contributed by atoms with E-state index < -0.39 is 11.7 Å². The van der Waals surface area contributed by atoms with Crippen LogP contribution in [-0.2, 0) is 9.53 Å². The zero-order valence-corrected chi connectivity index (χ0v) is 17.1. The first kappa shape index (κ1) is 21.6. The fourth-order valence-corrected chi connectivity index (χ4v) is 2.95. The van der Waals surface area contributed by atoms with Gasteiger partial charge in [0.1, 0.15) is 23.9 Å². The van der Waals surface area contributed by atoms with Crippen LogP contribution in [0.5, 0.6) is 11.5 Å². The highest BCUT2D eigenvalue weighted by Crippen LogP contribution is 2.30. The van der Waals surface area contributed by atoms with Gasteiger partial charge in [-0.25, -0.2) is 4.39 Å². The Labute approximate surface area is 179 Å². The minimum Gasteiger partial charge on any atom is -0.489 e. The van der Waals surface area contributed by atoms with Gasteiger partial charge in [-0.3, -0.25) is 4.79 Å². The second-order valence-corrected chi connectivity index (χ2v) is 6.74. The van der Waals surface area contributed by atoms with Crippen LogP contribution in [0.3, 0.4) is 0 Å². The number of nitrogens with one attached hydrogen (secondary N) is 1. The van der Waals surface area contributed by atoms with Crippen LogP contribution >= 0.6 is 11.6 Å². The number of carbonyl (C=O) groups is 1. The predicted octanol–water partition coefficient (Wildman–Crippen LogP) is 5.19. The van der Waals surface area contributed by atoms with Crippen LogP contribution in [-0.4, -0.2) is 32.8 Å². The van der Waals surface area contributed by atoms with E-state index in [4.69, 9.17) is 25.8 Å². The Kier molecular flexibility index (Phi) is 7.65. The zero-order chi connectivity index (χ0) is 21.3. The molecule has 0 bridgehead atoms. The van der Waals surface area contributed by atoms with E-state index in [1.807, 2.05) is 36.4 Å². The summed E-state index contributed by atoms with van der Waals surface area (Å²) in [6.45, 7) is 0.342. The Hall–Kier alpha value is -3.09. The molecule has 0 radical (unpaired) electrons. The number of methoxy groups -OCH3 is 1. The summed E-state index contributed by atoms with van der Waals surface area (Å²) in [7, 11) is 1.55. The summed E-state index contributed by atoms with van der Waals surface area (Å²) < 4.78 is 29.5. The first-order valence-electron chi connectivity index (χ1n) is 9.25. The number of hydrogen-bond acceptors (Lipinski definition) is 4. The van der Waals surface area contributed by atoms with Gasteiger partial charge in [0.2, 0.25) is 0 Å². The lowest BCUT2D eigenvalue weighted by Gasteiger charge is -2.13. The monoisotopic (exact) mass is 429 g/mol. The Balaban J connectivity index is 1.62. The fourth-order valence-electron chi connectivity index (χ4n) is 2.72. The van der Waals surface area contributed by atoms with E-state index in [0.717, 1.165) is 11.1 Å². The van der Waals surface area contributed by atoms with Crippen molar-refractivity contribution in [3.63, 3.8) is 0 Å². The van der Waals surface area contributed by atoms with Crippen molar-refractivity contribution in [2.75, 3.05) is 32.2 Å². The van der Waals surface area contributed by atoms with Crippen LogP contribution in [0.15, 0.2) is 66.7 Å². The molecule has 0 spiro atoms. The van der Waals surface area contributed by atoms with Crippen molar-refractivity contribution in [3.8, 4) is 22.6 Å². The lowest BCUT2D eigenvalue weighted by Crippen LogP contribution is -2.21. The maximum Gasteiger partial charge on any atom is 0.262 e. The number of amides is 1. The van der Waals surface area contributed by atoms with Crippen molar-refractivity contribution in [1.29, 1.82) is 0 Å². The van der Waals surface area contributed by atoms with E-state index in [-0.39, 0.29) is 18.9 Å². The number of benzene rings is 3. The van der Waals surface area contributed by atoms with Crippen molar-refractivity contribution >= 4 is 23.2 Å². The van der Waals surface area contributed by atoms with Crippen LogP contribution < -0.4 is 14.8 Å². The first-order chi connectivity index (χ1) is 14.6. The molecule has 1 amide bonds. The summed E-state index contributed by atoms with van der Waals surface area (Å²) in [5.74, 6) is -0.250. The smallest absolute Gasteiger partial charge is 0.262 e. The Morgan fingerprint density at radius 3 is 2.43 bits per heavy atom. The Bertz CT molecular complexity index is 998. The third-order valence-corrected chi connectivity index (χ3v) is 4.45. The molecule has 0 aliphatic carbocycles. The van der Waals surface area contributed by atoms with Crippen LogP contribution in [0.1, 0.15) is 0 Å². The molecule has 3 rings (SSSR count). The number of rotatable bonds is 9. The summed E-state index contributed by atoms with van der Waals surface area (Å²) >= 11 is 6.30. The standard InChI is InChI=1S/C23H21ClFNO4/c1-28-11-12-29-22-10-8-18(25)14-20(22)26-23(27)15-30-21-9-7-17(13-19(21)24)16-5-3-2-4-6-16/h2-10,13-14H,11-12,15H2,1H3,(H,26,27). The van der Waals surface area contributed by atoms with E-state index in [0.29, 0.717) is 23.1 Å². The molecule has 0 aliphatic rings. The number of anilines is 1. The molecule has 3 aromatic carbocycles. The topological polar surface area (TPSA) is 56.8 Å². The van der Waals surface area contributed by atoms with E-state index in [1.165, 1.54) is 18.2 Å². The minimum atomic E-state index is -0.496. The van der Waals surface area contributed by atoms with Crippen molar-refractivity contribution in [1.82, 2.24) is 0 Å². The first-order valence-corrected chi connectivity index (χ1v) is 9.63. The Morgan fingerprint density at radius 2 is 1.70 bits per heavy atom. The quantitative estimate of drug-likeness (QED) is 0.476. The average molecular weight is 430 g/mol. The highest BCUT2D eigenvalue weighted by Gasteiger charge is 2.12. The normalized spacial score (nSPS) is 10.5. The third kappa shape index (κ3) is 5.95. The summed E-state index contributed by atoms with van der Waals surface area (Å²) in [4.78, 5) is 12.3. The molecular weight excluding hydrogens is 409 g/mol. The zero-order valence-electron chi connectivity index (χ0n) is 16.4. The van der Waals surface area contributed by atoms with E-state index in [2.05, 4.69) is 5.32 Å². The van der Waals surface area contributed by atoms with Gasteiger partial charge in [0, 0.05) is 13.2 Å². The molecular formula is C23H21ClFNO4. The van der Waals surface area contributed by atoms with Gasteiger partial charge in [-0.2, -0.15) is 0 Å². The lowest BCUT2D eigenvalue weighted by atomic mass is 10.1. The van der Waals surface area contributed by atoms with Gasteiger partial charge in [0.05, 0.1) is 17.3 Å². The molecule has 0 saturated carbocycles. The molecule has 0 unspecified atom stereocenters. The van der Waals surface area contributed by atoms with Gasteiger partial charge in [-0.05, 0) is 35.4 Å². The van der Waals surface area contributed by atoms with Crippen molar-refractivity contribution in [3.05, 3.63) is 77.6 Å². The summed E-state index contributed by atoms with van der Waals surface area (Å²) in [5, 5.41) is 2.98. The molecule has 0 aliphatic heterocycles. The van der Waals surface area contributed by atoms with Crippen LogP contribution in [0.4, 0.5) is 10.1 Å². The average Bonchev–Trinajstić information content (AvgIpc) is 2.75. The molecule has 0 saturated heterocycles. The predicted molar refractivity (Wildman–Crippen MR) is 115 cm³/mol. The molecule has 0 heterocycles. The molecule has 5 nitrogen and oxygen atoms in total. The van der Waals surface area contributed by atoms with Crippen molar-refractivity contribution in [2.24, 2.45) is 0 Å². The molecule has 0 aromatic heterocycles. The second-order valence-electron chi connectivity index (χ2n) is 6.33. The molecule has 1 N–H and O–H groups in total. The maximum absolute atomic E-state index is 13.6. The number of hydrogen-bond donors (Lipinski definition) is 1. The number of halogens is 2. The fraction of sp³-hybridized carbons (Fsp3) is 0.174. The molecule has 3 aromatic rings. The number of ether oxygens (including phenoxy) is 3. The lowest BCUT2D eigenvalue weighted by molar-refractivity contribution is -0.118. The van der Waals surface area contributed by atoms with Gasteiger partial charge in [0.25, 0.3) is 5.91 Å². The van der Waals surface area contributed by atoms with Crippen LogP contribution in [0, 0.1) is 5.82 Å². The Morgan fingerprint density at radius 1 is 0.933 bits per heavy atom. The van der Waals surface area contributed by atoms with Crippen molar-refractivity contribution < 1.29 is 23.4 Å². The molecule has 156 valence electrons. The largest absolute Gasteiger partial charge is 0.489 e. The SMILES string of the molecule is COCCOc1ccc(F)cc1NC(=O)COc1ccc(-c2ccccc2)cc1Cl. The van der Waals surface area contributed by atoms with Crippen molar-refractivity contribution in [2.45, 2.75) is 0 Å². The van der Waals surface area contributed by atoms with Gasteiger partial charge < -0.3 is 19.5 Å². The second kappa shape index (κ2) is 10.6. The minimum absolute atomic E-state index is 0.213. The van der Waals surface area contributed by atoms with E-state index >= 15 is 0 Å². The van der Waals surface area contributed by atoms with E-state index in [9.17, 15) is 9.18 Å². The third-order valence-electron chi connectivity index (χ3n) is 4.16. The van der Waals surface area contributed by atoms with Gasteiger partial charge in [0.15, 0.2) is 6.61 Å². The summed E-state index contributed by atoms with van der Waals surface area (Å²) in [6, 6.07) is 19.0. The van der Waals surface area contributed by atoms with Crippen LogP contribution in [0.25, 0.3) is 11.1 Å². The summed E-state index contributed by atoms with van der Waals surface area (Å²) in [5.41, 5.74) is 2.18. The molecule has 7 heteroatoms. The highest BCUT2D eigenvalue weighted by molar-refractivity contribution is 6.32. The number of carbonyl (C=O) groups excluding carboxylic acids is 1. The van der Waals surface area contributed by atoms with Crippen LogP contribution in [0.2, 0.25) is 5.02 Å². The molecule has 0 atom stereocenters. The van der Waals surface area contributed by atoms with Gasteiger partial charge >= 0.3 is 0 Å². The highest BCUT2D eigenvalue weighted by atomic mass is 35.5. The molecule has 0 fully saturated rings. The van der Waals surface area contributed by atoms with Gasteiger partial charge in [-0.1, -0.05) is 48.0 Å².